The molecule has 5 heteroatoms. The number of carbonyl (C=O) groups is 1. The second kappa shape index (κ2) is 5.23. The Hall–Kier alpha value is -1.52. The van der Waals surface area contributed by atoms with E-state index in [4.69, 9.17) is 4.52 Å². The van der Waals surface area contributed by atoms with Crippen LogP contribution in [0.1, 0.15) is 56.0 Å². The Balaban J connectivity index is 1.66. The van der Waals surface area contributed by atoms with Gasteiger partial charge in [-0.3, -0.25) is 0 Å². The number of aryl methyl sites for hydroxylation is 1. The van der Waals surface area contributed by atoms with Crippen LogP contribution >= 0.6 is 0 Å². The standard InChI is InChI=1S/C14H21N3O2/c1-10-9-12(16-19-10)13-7-4-8-17(13)14(18)15-11-5-2-3-6-11/h9,11,13H,2-8H2,1H3,(H,15,18)/t13-/m1/s1. The predicted molar refractivity (Wildman–Crippen MR) is 70.7 cm³/mol. The van der Waals surface area contributed by atoms with Crippen molar-refractivity contribution in [3.05, 3.63) is 17.5 Å². The van der Waals surface area contributed by atoms with Crippen LogP contribution in [0.25, 0.3) is 0 Å². The molecule has 1 aromatic rings. The average molecular weight is 263 g/mol. The second-order valence-corrected chi connectivity index (χ2v) is 5.64. The number of nitrogens with zero attached hydrogens (tertiary/aromatic N) is 2. The van der Waals surface area contributed by atoms with Crippen LogP contribution in [0.15, 0.2) is 10.6 Å². The molecule has 1 saturated carbocycles. The summed E-state index contributed by atoms with van der Waals surface area (Å²) in [5, 5.41) is 7.22. The van der Waals surface area contributed by atoms with Gasteiger partial charge in [0.2, 0.25) is 0 Å². The van der Waals surface area contributed by atoms with Crippen LogP contribution in [0.4, 0.5) is 4.79 Å². The van der Waals surface area contributed by atoms with E-state index >= 15 is 0 Å². The Morgan fingerprint density at radius 1 is 1.37 bits per heavy atom. The number of hydrogen-bond donors (Lipinski definition) is 1. The number of carbonyl (C=O) groups excluding carboxylic acids is 1. The SMILES string of the molecule is Cc1cc([C@H]2CCCN2C(=O)NC2CCCC2)no1. The van der Waals surface area contributed by atoms with Crippen molar-refractivity contribution < 1.29 is 9.32 Å². The lowest BCUT2D eigenvalue weighted by atomic mass is 10.1. The summed E-state index contributed by atoms with van der Waals surface area (Å²) in [6.45, 7) is 2.70. The molecule has 0 bridgehead atoms. The molecule has 2 fully saturated rings. The second-order valence-electron chi connectivity index (χ2n) is 5.64. The zero-order valence-corrected chi connectivity index (χ0v) is 11.4. The third-order valence-corrected chi connectivity index (χ3v) is 4.18. The van der Waals surface area contributed by atoms with Gasteiger partial charge in [-0.2, -0.15) is 0 Å². The van der Waals surface area contributed by atoms with E-state index in [1.807, 2.05) is 17.9 Å². The van der Waals surface area contributed by atoms with E-state index in [0.29, 0.717) is 6.04 Å². The minimum Gasteiger partial charge on any atom is -0.361 e. The van der Waals surface area contributed by atoms with Gasteiger partial charge in [0, 0.05) is 18.7 Å². The molecule has 19 heavy (non-hydrogen) atoms. The van der Waals surface area contributed by atoms with Gasteiger partial charge in [-0.25, -0.2) is 4.79 Å². The van der Waals surface area contributed by atoms with Crippen molar-refractivity contribution in [3.8, 4) is 0 Å². The topological polar surface area (TPSA) is 58.4 Å². The van der Waals surface area contributed by atoms with E-state index in [9.17, 15) is 4.79 Å². The normalized spacial score (nSPS) is 24.1. The molecule has 1 aliphatic carbocycles. The number of rotatable bonds is 2. The van der Waals surface area contributed by atoms with Gasteiger partial charge in [-0.15, -0.1) is 0 Å². The summed E-state index contributed by atoms with van der Waals surface area (Å²) in [5.41, 5.74) is 0.886. The maximum atomic E-state index is 12.3. The van der Waals surface area contributed by atoms with E-state index < -0.39 is 0 Å². The molecule has 104 valence electrons. The van der Waals surface area contributed by atoms with Crippen molar-refractivity contribution >= 4 is 6.03 Å². The lowest BCUT2D eigenvalue weighted by molar-refractivity contribution is 0.187. The van der Waals surface area contributed by atoms with Crippen molar-refractivity contribution in [1.29, 1.82) is 0 Å². The minimum absolute atomic E-state index is 0.0649. The molecule has 3 rings (SSSR count). The summed E-state index contributed by atoms with van der Waals surface area (Å²) in [6.07, 6.45) is 6.72. The molecule has 0 spiro atoms. The van der Waals surface area contributed by atoms with E-state index in [1.165, 1.54) is 12.8 Å². The van der Waals surface area contributed by atoms with Gasteiger partial charge in [-0.05, 0) is 32.6 Å². The van der Waals surface area contributed by atoms with Gasteiger partial charge < -0.3 is 14.7 Å². The number of hydrogen-bond acceptors (Lipinski definition) is 3. The van der Waals surface area contributed by atoms with Gasteiger partial charge >= 0.3 is 6.03 Å². The molecular formula is C14H21N3O2. The van der Waals surface area contributed by atoms with Crippen LogP contribution in [0.3, 0.4) is 0 Å². The molecule has 1 atom stereocenters. The molecule has 1 saturated heterocycles. The summed E-state index contributed by atoms with van der Waals surface area (Å²) in [6, 6.07) is 2.45. The Labute approximate surface area is 113 Å². The highest BCUT2D eigenvalue weighted by Gasteiger charge is 2.33. The number of likely N-dealkylation sites (tertiary alicyclic amines) is 1. The molecule has 0 radical (unpaired) electrons. The summed E-state index contributed by atoms with van der Waals surface area (Å²) in [4.78, 5) is 14.3. The van der Waals surface area contributed by atoms with Crippen LogP contribution in [-0.4, -0.2) is 28.7 Å². The summed E-state index contributed by atoms with van der Waals surface area (Å²) in [5.74, 6) is 0.804. The first-order valence-electron chi connectivity index (χ1n) is 7.24. The molecule has 2 aliphatic rings. The maximum absolute atomic E-state index is 12.3. The monoisotopic (exact) mass is 263 g/mol. The molecular weight excluding hydrogens is 242 g/mol. The van der Waals surface area contributed by atoms with Crippen molar-refractivity contribution in [2.75, 3.05) is 6.54 Å². The van der Waals surface area contributed by atoms with Crippen molar-refractivity contribution in [3.63, 3.8) is 0 Å². The van der Waals surface area contributed by atoms with Crippen molar-refractivity contribution in [2.24, 2.45) is 0 Å². The fraction of sp³-hybridized carbons (Fsp3) is 0.714. The van der Waals surface area contributed by atoms with Crippen LogP contribution in [0.5, 0.6) is 0 Å². The first kappa shape index (κ1) is 12.5. The van der Waals surface area contributed by atoms with Crippen LogP contribution in [-0.2, 0) is 0 Å². The smallest absolute Gasteiger partial charge is 0.318 e. The van der Waals surface area contributed by atoms with E-state index in [0.717, 1.165) is 43.7 Å². The Morgan fingerprint density at radius 2 is 2.16 bits per heavy atom. The Kier molecular flexibility index (Phi) is 3.44. The van der Waals surface area contributed by atoms with Gasteiger partial charge in [0.05, 0.1) is 6.04 Å². The third-order valence-electron chi connectivity index (χ3n) is 4.18. The van der Waals surface area contributed by atoms with Crippen LogP contribution in [0, 0.1) is 6.92 Å². The Morgan fingerprint density at radius 3 is 2.84 bits per heavy atom. The number of nitrogens with one attached hydrogen (secondary N) is 1. The fourth-order valence-electron chi connectivity index (χ4n) is 3.19. The first-order chi connectivity index (χ1) is 9.24. The summed E-state index contributed by atoms with van der Waals surface area (Å²) < 4.78 is 5.13. The number of aromatic nitrogens is 1. The van der Waals surface area contributed by atoms with Crippen LogP contribution in [0.2, 0.25) is 0 Å². The zero-order chi connectivity index (χ0) is 13.2. The molecule has 2 heterocycles. The van der Waals surface area contributed by atoms with Crippen LogP contribution < -0.4 is 5.32 Å². The van der Waals surface area contributed by atoms with Gasteiger partial charge in [0.25, 0.3) is 0 Å². The minimum atomic E-state index is 0.0649. The highest BCUT2D eigenvalue weighted by molar-refractivity contribution is 5.75. The van der Waals surface area contributed by atoms with Gasteiger partial charge in [-0.1, -0.05) is 18.0 Å². The van der Waals surface area contributed by atoms with E-state index in [2.05, 4.69) is 10.5 Å². The lowest BCUT2D eigenvalue weighted by Crippen LogP contribution is -2.43. The maximum Gasteiger partial charge on any atom is 0.318 e. The zero-order valence-electron chi connectivity index (χ0n) is 11.4. The summed E-state index contributed by atoms with van der Waals surface area (Å²) in [7, 11) is 0. The highest BCUT2D eigenvalue weighted by Crippen LogP contribution is 2.31. The summed E-state index contributed by atoms with van der Waals surface area (Å²) >= 11 is 0. The predicted octanol–water partition coefficient (Wildman–Crippen LogP) is 2.77. The molecule has 5 nitrogen and oxygen atoms in total. The molecule has 0 aromatic carbocycles. The molecule has 1 aromatic heterocycles. The molecule has 1 N–H and O–H groups in total. The largest absolute Gasteiger partial charge is 0.361 e. The molecule has 2 amide bonds. The molecule has 1 aliphatic heterocycles. The molecule has 0 unspecified atom stereocenters. The van der Waals surface area contributed by atoms with E-state index in [1.54, 1.807) is 0 Å². The Bertz CT molecular complexity index is 451. The highest BCUT2D eigenvalue weighted by atomic mass is 16.5. The average Bonchev–Trinajstić information content (AvgIpc) is 3.07. The van der Waals surface area contributed by atoms with E-state index in [-0.39, 0.29) is 12.1 Å². The quantitative estimate of drug-likeness (QED) is 0.892. The fourth-order valence-corrected chi connectivity index (χ4v) is 3.19. The van der Waals surface area contributed by atoms with Gasteiger partial charge in [0.15, 0.2) is 0 Å². The number of amides is 2. The van der Waals surface area contributed by atoms with Crippen molar-refractivity contribution in [1.82, 2.24) is 15.4 Å². The van der Waals surface area contributed by atoms with Crippen molar-refractivity contribution in [2.45, 2.75) is 57.5 Å². The first-order valence-corrected chi connectivity index (χ1v) is 7.24. The van der Waals surface area contributed by atoms with Gasteiger partial charge in [0.1, 0.15) is 11.5 Å². The lowest BCUT2D eigenvalue weighted by Gasteiger charge is -2.25. The third kappa shape index (κ3) is 2.60. The number of urea groups is 1.